The third kappa shape index (κ3) is 7.13. The van der Waals surface area contributed by atoms with Crippen molar-refractivity contribution >= 4 is 27.7 Å². The van der Waals surface area contributed by atoms with Crippen LogP contribution in [-0.4, -0.2) is 38.6 Å². The summed E-state index contributed by atoms with van der Waals surface area (Å²) in [6.07, 6.45) is 5.18. The first-order chi connectivity index (χ1) is 14.8. The second kappa shape index (κ2) is 10.8. The van der Waals surface area contributed by atoms with Gasteiger partial charge in [0.25, 0.3) is 5.91 Å². The third-order valence-electron chi connectivity index (χ3n) is 4.01. The summed E-state index contributed by atoms with van der Waals surface area (Å²) < 4.78 is 27.7. The summed E-state index contributed by atoms with van der Waals surface area (Å²) in [5.74, 6) is 0.0246. The Morgan fingerprint density at radius 3 is 2.32 bits per heavy atom. The average molecular weight is 440 g/mol. The van der Waals surface area contributed by atoms with Crippen LogP contribution in [0.25, 0.3) is 0 Å². The van der Waals surface area contributed by atoms with Crippen molar-refractivity contribution in [2.75, 3.05) is 6.54 Å². The molecule has 0 aromatic heterocycles. The number of carbonyl (C=O) groups is 3. The van der Waals surface area contributed by atoms with Gasteiger partial charge in [-0.1, -0.05) is 55.0 Å². The van der Waals surface area contributed by atoms with Crippen LogP contribution in [0, 0.1) is 12.3 Å². The fourth-order valence-electron chi connectivity index (χ4n) is 2.50. The summed E-state index contributed by atoms with van der Waals surface area (Å²) in [5.41, 5.74) is 0.768. The van der Waals surface area contributed by atoms with Crippen LogP contribution in [-0.2, 0) is 26.1 Å². The lowest BCUT2D eigenvalue weighted by molar-refractivity contribution is -0.126. The average Bonchev–Trinajstić information content (AvgIpc) is 2.78. The maximum Gasteiger partial charge on any atom is 0.331 e. The summed E-state index contributed by atoms with van der Waals surface area (Å²) in [4.78, 5) is 37.2. The lowest BCUT2D eigenvalue weighted by Crippen LogP contribution is -2.50. The predicted molar refractivity (Wildman–Crippen MR) is 114 cm³/mol. The van der Waals surface area contributed by atoms with Crippen molar-refractivity contribution in [2.45, 2.75) is 12.5 Å². The van der Waals surface area contributed by atoms with Crippen LogP contribution < -0.4 is 14.8 Å². The van der Waals surface area contributed by atoms with Gasteiger partial charge in [-0.05, 0) is 17.7 Å². The normalized spacial score (nSPS) is 11.5. The summed E-state index contributed by atoms with van der Waals surface area (Å²) in [5, 5.41) is 5.57. The molecule has 0 unspecified atom stereocenters. The van der Waals surface area contributed by atoms with Crippen molar-refractivity contribution in [1.29, 1.82) is 0 Å². The molecule has 0 radical (unpaired) electrons. The Morgan fingerprint density at radius 1 is 1.10 bits per heavy atom. The van der Waals surface area contributed by atoms with E-state index in [1.807, 2.05) is 0 Å². The number of hydrogen-bond acceptors (Lipinski definition) is 6. The molecule has 0 heterocycles. The van der Waals surface area contributed by atoms with Crippen molar-refractivity contribution in [3.63, 3.8) is 0 Å². The van der Waals surface area contributed by atoms with Crippen LogP contribution in [0.4, 0.5) is 0 Å². The van der Waals surface area contributed by atoms with E-state index in [-0.39, 0.29) is 24.3 Å². The van der Waals surface area contributed by atoms with Crippen molar-refractivity contribution in [3.8, 4) is 18.1 Å². The van der Waals surface area contributed by atoms with Gasteiger partial charge in [0.1, 0.15) is 11.8 Å². The molecule has 0 fully saturated rings. The minimum absolute atomic E-state index is 0.0265. The van der Waals surface area contributed by atoms with Gasteiger partial charge in [-0.2, -0.15) is 8.42 Å². The maximum atomic E-state index is 12.4. The Kier molecular flexibility index (Phi) is 8.11. The molecular formula is C22H20N2O6S. The minimum Gasteiger partial charge on any atom is -0.379 e. The molecule has 2 N–H and O–H groups in total. The summed E-state index contributed by atoms with van der Waals surface area (Å²) in [6.45, 7) is 3.10. The predicted octanol–water partition coefficient (Wildman–Crippen LogP) is 1.20. The molecule has 8 nitrogen and oxygen atoms in total. The summed E-state index contributed by atoms with van der Waals surface area (Å²) in [6, 6.07) is 12.7. The number of benzene rings is 2. The highest BCUT2D eigenvalue weighted by Crippen LogP contribution is 2.16. The SMILES string of the molecule is C#CCNC(=O)[C@H](Cc1ccc(OS(=O)(=O)C=C)cc1)NC(=O)C(=O)c1ccccc1. The van der Waals surface area contributed by atoms with Crippen molar-refractivity contribution in [3.05, 3.63) is 77.7 Å². The molecule has 2 amide bonds. The Bertz CT molecular complexity index is 1100. The maximum absolute atomic E-state index is 12.4. The molecule has 2 rings (SSSR count). The second-order valence-electron chi connectivity index (χ2n) is 6.23. The smallest absolute Gasteiger partial charge is 0.331 e. The van der Waals surface area contributed by atoms with Gasteiger partial charge in [0.05, 0.1) is 12.0 Å². The summed E-state index contributed by atoms with van der Waals surface area (Å²) >= 11 is 0. The highest BCUT2D eigenvalue weighted by atomic mass is 32.2. The number of ketones is 1. The first-order valence-electron chi connectivity index (χ1n) is 9.03. The number of hydrogen-bond donors (Lipinski definition) is 2. The van der Waals surface area contributed by atoms with E-state index in [2.05, 4.69) is 23.1 Å². The van der Waals surface area contributed by atoms with Crippen LogP contribution >= 0.6 is 0 Å². The zero-order valence-corrected chi connectivity index (χ0v) is 17.2. The molecule has 31 heavy (non-hydrogen) atoms. The van der Waals surface area contributed by atoms with Gasteiger partial charge in [0.2, 0.25) is 11.7 Å². The standard InChI is InChI=1S/C22H20N2O6S/c1-3-14-23-21(26)19(24-22(27)20(25)17-8-6-5-7-9-17)15-16-10-12-18(13-11-16)30-31(28,29)4-2/h1,4-13,19H,2,14-15H2,(H,23,26)(H,24,27)/t19-/m0/s1. The minimum atomic E-state index is -3.90. The lowest BCUT2D eigenvalue weighted by Gasteiger charge is -2.18. The Labute approximate surface area is 180 Å². The van der Waals surface area contributed by atoms with Gasteiger partial charge in [0.15, 0.2) is 0 Å². The molecule has 2 aromatic carbocycles. The van der Waals surface area contributed by atoms with E-state index in [0.717, 1.165) is 0 Å². The van der Waals surface area contributed by atoms with E-state index in [4.69, 9.17) is 10.6 Å². The Balaban J connectivity index is 2.15. The molecule has 9 heteroatoms. The largest absolute Gasteiger partial charge is 0.379 e. The van der Waals surface area contributed by atoms with Crippen LogP contribution in [0.1, 0.15) is 15.9 Å². The first kappa shape index (κ1) is 23.4. The van der Waals surface area contributed by atoms with E-state index >= 15 is 0 Å². The van der Waals surface area contributed by atoms with E-state index in [1.54, 1.807) is 18.2 Å². The molecule has 2 aromatic rings. The molecule has 0 saturated heterocycles. The fourth-order valence-corrected chi connectivity index (χ4v) is 2.95. The first-order valence-corrected chi connectivity index (χ1v) is 10.5. The molecule has 0 aliphatic heterocycles. The van der Waals surface area contributed by atoms with Gasteiger partial charge in [-0.3, -0.25) is 14.4 Å². The quantitative estimate of drug-likeness (QED) is 0.248. The molecule has 0 aliphatic carbocycles. The van der Waals surface area contributed by atoms with E-state index < -0.39 is 33.8 Å². The lowest BCUT2D eigenvalue weighted by atomic mass is 10.0. The molecule has 1 atom stereocenters. The molecule has 0 spiro atoms. The number of nitrogens with one attached hydrogen (secondary N) is 2. The molecule has 0 bridgehead atoms. The summed E-state index contributed by atoms with van der Waals surface area (Å²) in [7, 11) is -3.90. The van der Waals surface area contributed by atoms with Gasteiger partial charge in [-0.15, -0.1) is 6.42 Å². The van der Waals surface area contributed by atoms with Crippen molar-refractivity contribution < 1.29 is 27.0 Å². The number of amides is 2. The zero-order chi connectivity index (χ0) is 22.9. The number of carbonyl (C=O) groups excluding carboxylic acids is 3. The topological polar surface area (TPSA) is 119 Å². The molecule has 0 aliphatic rings. The van der Waals surface area contributed by atoms with Gasteiger partial charge >= 0.3 is 10.1 Å². The highest BCUT2D eigenvalue weighted by molar-refractivity contribution is 7.90. The van der Waals surface area contributed by atoms with E-state index in [9.17, 15) is 22.8 Å². The van der Waals surface area contributed by atoms with Crippen LogP contribution in [0.5, 0.6) is 5.75 Å². The fraction of sp³-hybridized carbons (Fsp3) is 0.136. The second-order valence-corrected chi connectivity index (χ2v) is 7.72. The number of rotatable bonds is 10. The molecular weight excluding hydrogens is 420 g/mol. The monoisotopic (exact) mass is 440 g/mol. The highest BCUT2D eigenvalue weighted by Gasteiger charge is 2.25. The number of Topliss-reactive ketones (excluding diaryl/α,β-unsaturated/α-hetero) is 1. The van der Waals surface area contributed by atoms with Gasteiger partial charge in [-0.25, -0.2) is 0 Å². The van der Waals surface area contributed by atoms with E-state index in [1.165, 1.54) is 36.4 Å². The molecule has 0 saturated carbocycles. The van der Waals surface area contributed by atoms with Crippen molar-refractivity contribution in [2.24, 2.45) is 0 Å². The van der Waals surface area contributed by atoms with Crippen molar-refractivity contribution in [1.82, 2.24) is 10.6 Å². The van der Waals surface area contributed by atoms with Gasteiger partial charge < -0.3 is 14.8 Å². The van der Waals surface area contributed by atoms with Crippen LogP contribution in [0.15, 0.2) is 66.6 Å². The Hall–Kier alpha value is -3.90. The number of terminal acetylenes is 1. The van der Waals surface area contributed by atoms with Crippen LogP contribution in [0.2, 0.25) is 0 Å². The molecule has 160 valence electrons. The Morgan fingerprint density at radius 2 is 1.74 bits per heavy atom. The van der Waals surface area contributed by atoms with E-state index in [0.29, 0.717) is 11.0 Å². The zero-order valence-electron chi connectivity index (χ0n) is 16.4. The van der Waals surface area contributed by atoms with Gasteiger partial charge in [0, 0.05) is 12.0 Å². The van der Waals surface area contributed by atoms with Crippen LogP contribution in [0.3, 0.4) is 0 Å². The third-order valence-corrected chi connectivity index (χ3v) is 4.84.